The highest BCUT2D eigenvalue weighted by atomic mass is 16.7. The van der Waals surface area contributed by atoms with Crippen molar-refractivity contribution in [2.24, 2.45) is 5.92 Å². The van der Waals surface area contributed by atoms with Crippen LogP contribution in [-0.2, 0) is 57.2 Å². The molecule has 53 heavy (non-hydrogen) atoms. The van der Waals surface area contributed by atoms with Crippen LogP contribution in [0.15, 0.2) is 22.8 Å². The Morgan fingerprint density at radius 3 is 1.94 bits per heavy atom. The average Bonchev–Trinajstić information content (AvgIpc) is 3.43. The van der Waals surface area contributed by atoms with Gasteiger partial charge in [0.1, 0.15) is 11.7 Å². The number of esters is 6. The molecule has 3 rings (SSSR count). The smallest absolute Gasteiger partial charge is 0.354 e. The number of carbonyl (C=O) groups excluding carboxylic acids is 6. The number of rotatable bonds is 18. The molecule has 1 saturated carbocycles. The van der Waals surface area contributed by atoms with E-state index in [9.17, 15) is 33.9 Å². The first-order valence-corrected chi connectivity index (χ1v) is 19.3. The minimum Gasteiger partial charge on any atom is -0.459 e. The van der Waals surface area contributed by atoms with E-state index in [1.165, 1.54) is 6.92 Å². The lowest BCUT2D eigenvalue weighted by atomic mass is 9.75. The van der Waals surface area contributed by atoms with Crippen molar-refractivity contribution in [2.45, 2.75) is 187 Å². The summed E-state index contributed by atoms with van der Waals surface area (Å²) in [5.74, 6) is -5.70. The van der Waals surface area contributed by atoms with Gasteiger partial charge in [0, 0.05) is 37.7 Å². The predicted molar refractivity (Wildman–Crippen MR) is 192 cm³/mol. The van der Waals surface area contributed by atoms with Crippen molar-refractivity contribution >= 4 is 35.8 Å². The Morgan fingerprint density at radius 1 is 0.792 bits per heavy atom. The molecule has 0 radical (unpaired) electrons. The van der Waals surface area contributed by atoms with Crippen LogP contribution in [0.4, 0.5) is 0 Å². The SMILES string of the molecule is C/C=C(/C)C(=O)O[C@H]1C(C)=C2[C@H]([C@@H]1OC(=O)CCCCCCC)[C@@](C)(OC(=O)CCC)C[C@H](OC(=O)CCC)[C@@]1(O)[C@H]2OC(=O)[C@@]1(C)OC(=O)CCC. The Hall–Kier alpha value is -3.74. The lowest BCUT2D eigenvalue weighted by Crippen LogP contribution is -2.66. The van der Waals surface area contributed by atoms with Gasteiger partial charge in [-0.3, -0.25) is 19.2 Å². The van der Waals surface area contributed by atoms with Crippen molar-refractivity contribution in [1.82, 2.24) is 0 Å². The van der Waals surface area contributed by atoms with E-state index in [4.69, 9.17) is 28.4 Å². The quantitative estimate of drug-likeness (QED) is 0.0563. The van der Waals surface area contributed by atoms with Gasteiger partial charge in [0.25, 0.3) is 0 Å². The molecule has 1 saturated heterocycles. The second kappa shape index (κ2) is 18.5. The molecule has 0 aromatic carbocycles. The molecule has 1 heterocycles. The maximum Gasteiger partial charge on any atom is 0.354 e. The molecule has 0 bridgehead atoms. The molecule has 0 aromatic rings. The molecule has 13 nitrogen and oxygen atoms in total. The standard InChI is InChI=1S/C40H60O13/c1-10-15-16-17-18-22-28(42)49-34-32-31(25(7)33(34)50-36(45)24(6)14-5)35-40(47,39(9,37(46)51-35)53-30(44)21-13-4)26(48-27(41)19-11-2)23-38(32,8)52-29(43)20-12-3/h14,26,32-35,47H,10-13,15-23H2,1-9H3/b24-14-/t26-,32+,33-,34-,35-,38-,39+,40+/m0/s1. The van der Waals surface area contributed by atoms with Gasteiger partial charge >= 0.3 is 35.8 Å². The van der Waals surface area contributed by atoms with Gasteiger partial charge in [0.2, 0.25) is 5.60 Å². The fourth-order valence-electron chi connectivity index (χ4n) is 7.68. The lowest BCUT2D eigenvalue weighted by molar-refractivity contribution is -0.222. The number of fused-ring (bicyclic) bond motifs is 3. The van der Waals surface area contributed by atoms with Crippen molar-refractivity contribution in [2.75, 3.05) is 0 Å². The molecule has 1 N–H and O–H groups in total. The highest BCUT2D eigenvalue weighted by Crippen LogP contribution is 2.58. The van der Waals surface area contributed by atoms with E-state index in [0.29, 0.717) is 25.7 Å². The van der Waals surface area contributed by atoms with Crippen LogP contribution in [0.5, 0.6) is 0 Å². The molecule has 3 aliphatic rings. The van der Waals surface area contributed by atoms with E-state index in [-0.39, 0.29) is 42.4 Å². The van der Waals surface area contributed by atoms with Gasteiger partial charge in [-0.25, -0.2) is 9.59 Å². The summed E-state index contributed by atoms with van der Waals surface area (Å²) >= 11 is 0. The van der Waals surface area contributed by atoms with E-state index >= 15 is 0 Å². The summed E-state index contributed by atoms with van der Waals surface area (Å²) in [7, 11) is 0. The number of carbonyl (C=O) groups is 6. The van der Waals surface area contributed by atoms with Gasteiger partial charge in [0.15, 0.2) is 23.9 Å². The Morgan fingerprint density at radius 2 is 1.36 bits per heavy atom. The summed E-state index contributed by atoms with van der Waals surface area (Å²) in [5.41, 5.74) is -6.01. The molecule has 0 amide bonds. The van der Waals surface area contributed by atoms with Crippen molar-refractivity contribution in [3.05, 3.63) is 22.8 Å². The number of unbranched alkanes of at least 4 members (excludes halogenated alkanes) is 4. The Bertz CT molecular complexity index is 1450. The Kier molecular flexibility index (Phi) is 15.3. The zero-order valence-electron chi connectivity index (χ0n) is 33.0. The van der Waals surface area contributed by atoms with E-state index in [1.807, 2.05) is 0 Å². The van der Waals surface area contributed by atoms with Crippen LogP contribution >= 0.6 is 0 Å². The van der Waals surface area contributed by atoms with Crippen LogP contribution in [0, 0.1) is 5.92 Å². The highest BCUT2D eigenvalue weighted by Gasteiger charge is 2.78. The summed E-state index contributed by atoms with van der Waals surface area (Å²) in [5, 5.41) is 13.1. The summed E-state index contributed by atoms with van der Waals surface area (Å²) in [6.45, 7) is 15.0. The van der Waals surface area contributed by atoms with E-state index in [2.05, 4.69) is 6.92 Å². The first kappa shape index (κ1) is 43.7. The summed E-state index contributed by atoms with van der Waals surface area (Å²) < 4.78 is 36.2. The monoisotopic (exact) mass is 748 g/mol. The third-order valence-electron chi connectivity index (χ3n) is 10.7. The van der Waals surface area contributed by atoms with E-state index in [0.717, 1.165) is 25.7 Å². The lowest BCUT2D eigenvalue weighted by Gasteiger charge is -2.43. The molecule has 0 aromatic heterocycles. The van der Waals surface area contributed by atoms with Crippen molar-refractivity contribution < 1.29 is 62.3 Å². The summed E-state index contributed by atoms with van der Waals surface area (Å²) in [6.07, 6.45) is 0.758. The second-order valence-corrected chi connectivity index (χ2v) is 14.9. The van der Waals surface area contributed by atoms with Crippen LogP contribution in [0.3, 0.4) is 0 Å². The predicted octanol–water partition coefficient (Wildman–Crippen LogP) is 6.06. The summed E-state index contributed by atoms with van der Waals surface area (Å²) in [4.78, 5) is 80.6. The average molecular weight is 749 g/mol. The minimum atomic E-state index is -2.58. The van der Waals surface area contributed by atoms with Crippen molar-refractivity contribution in [1.29, 1.82) is 0 Å². The minimum absolute atomic E-state index is 0.0107. The number of allylic oxidation sites excluding steroid dienone is 1. The first-order valence-electron chi connectivity index (χ1n) is 19.3. The number of hydrogen-bond acceptors (Lipinski definition) is 13. The molecule has 0 unspecified atom stereocenters. The highest BCUT2D eigenvalue weighted by molar-refractivity contribution is 5.89. The van der Waals surface area contributed by atoms with Gasteiger partial charge < -0.3 is 33.5 Å². The molecular weight excluding hydrogens is 688 g/mol. The first-order chi connectivity index (χ1) is 25.0. The topological polar surface area (TPSA) is 178 Å². The molecule has 2 aliphatic carbocycles. The van der Waals surface area contributed by atoms with Crippen molar-refractivity contribution in [3.8, 4) is 0 Å². The van der Waals surface area contributed by atoms with Crippen LogP contribution < -0.4 is 0 Å². The molecule has 1 aliphatic heterocycles. The summed E-state index contributed by atoms with van der Waals surface area (Å²) in [6, 6.07) is 0. The Balaban J connectivity index is 2.34. The normalized spacial score (nSPS) is 30.8. The molecular formula is C40H60O13. The zero-order valence-corrected chi connectivity index (χ0v) is 33.0. The Labute approximate surface area is 313 Å². The van der Waals surface area contributed by atoms with Crippen LogP contribution in [-0.4, -0.2) is 82.1 Å². The fraction of sp³-hybridized carbons (Fsp3) is 0.750. The maximum atomic E-state index is 14.0. The van der Waals surface area contributed by atoms with E-state index < -0.39 is 89.4 Å². The number of hydrogen-bond donors (Lipinski definition) is 1. The number of ether oxygens (including phenoxy) is 6. The second-order valence-electron chi connectivity index (χ2n) is 14.9. The largest absolute Gasteiger partial charge is 0.459 e. The zero-order chi connectivity index (χ0) is 39.7. The molecule has 298 valence electrons. The fourth-order valence-corrected chi connectivity index (χ4v) is 7.68. The van der Waals surface area contributed by atoms with Crippen LogP contribution in [0.25, 0.3) is 0 Å². The molecule has 8 atom stereocenters. The molecule has 2 fully saturated rings. The van der Waals surface area contributed by atoms with Gasteiger partial charge in [0.05, 0.1) is 5.92 Å². The molecule has 13 heteroatoms. The van der Waals surface area contributed by atoms with Crippen LogP contribution in [0.2, 0.25) is 0 Å². The number of aliphatic hydroxyl groups is 1. The van der Waals surface area contributed by atoms with Gasteiger partial charge in [-0.2, -0.15) is 0 Å². The van der Waals surface area contributed by atoms with Crippen LogP contribution in [0.1, 0.15) is 146 Å². The van der Waals surface area contributed by atoms with Gasteiger partial charge in [-0.1, -0.05) is 59.5 Å². The maximum absolute atomic E-state index is 14.0. The molecule has 0 spiro atoms. The van der Waals surface area contributed by atoms with Gasteiger partial charge in [-0.05, 0) is 71.4 Å². The van der Waals surface area contributed by atoms with Gasteiger partial charge in [-0.15, -0.1) is 0 Å². The third-order valence-corrected chi connectivity index (χ3v) is 10.7. The van der Waals surface area contributed by atoms with Crippen molar-refractivity contribution in [3.63, 3.8) is 0 Å². The third kappa shape index (κ3) is 9.15. The van der Waals surface area contributed by atoms with E-state index in [1.54, 1.807) is 54.5 Å².